The summed E-state index contributed by atoms with van der Waals surface area (Å²) in [5, 5.41) is 3.26. The van der Waals surface area contributed by atoms with Gasteiger partial charge in [-0.1, -0.05) is 23.7 Å². The molecule has 0 saturated carbocycles. The molecule has 0 unspecified atom stereocenters. The largest absolute Gasteiger partial charge is 0.354 e. The first-order valence-corrected chi connectivity index (χ1v) is 5.25. The normalized spacial score (nSPS) is 10.1. The molecule has 16 heavy (non-hydrogen) atoms. The van der Waals surface area contributed by atoms with Crippen molar-refractivity contribution in [2.24, 2.45) is 0 Å². The zero-order chi connectivity index (χ0) is 11.5. The molecule has 1 heterocycles. The molecule has 82 valence electrons. The first-order valence-electron chi connectivity index (χ1n) is 4.88. The van der Waals surface area contributed by atoms with Gasteiger partial charge in [-0.05, 0) is 29.8 Å². The second-order valence-corrected chi connectivity index (χ2v) is 3.81. The van der Waals surface area contributed by atoms with Crippen LogP contribution in [0.2, 0.25) is 5.02 Å². The molecule has 0 fully saturated rings. The molecule has 4 heteroatoms. The number of rotatable bonds is 2. The average molecular weight is 235 g/mol. The summed E-state index contributed by atoms with van der Waals surface area (Å²) in [7, 11) is 1.60. The minimum absolute atomic E-state index is 0.125. The lowest BCUT2D eigenvalue weighted by Gasteiger charge is -1.98. The number of aromatic amines is 1. The Morgan fingerprint density at radius 2 is 1.88 bits per heavy atom. The minimum atomic E-state index is -0.125. The van der Waals surface area contributed by atoms with Gasteiger partial charge in [-0.2, -0.15) is 0 Å². The summed E-state index contributed by atoms with van der Waals surface area (Å²) in [6.07, 6.45) is 0. The standard InChI is InChI=1S/C12H11ClN2O/c1-14-12(16)11-7-6-10(15-11)8-2-4-9(13)5-3-8/h2-7,15H,1H3,(H,14,16). The summed E-state index contributed by atoms with van der Waals surface area (Å²) in [6.45, 7) is 0. The van der Waals surface area contributed by atoms with Crippen molar-refractivity contribution >= 4 is 17.5 Å². The fourth-order valence-corrected chi connectivity index (χ4v) is 1.59. The molecule has 0 aliphatic rings. The molecule has 0 bridgehead atoms. The highest BCUT2D eigenvalue weighted by atomic mass is 35.5. The molecular weight excluding hydrogens is 224 g/mol. The van der Waals surface area contributed by atoms with E-state index in [0.29, 0.717) is 10.7 Å². The molecule has 1 amide bonds. The highest BCUT2D eigenvalue weighted by molar-refractivity contribution is 6.30. The van der Waals surface area contributed by atoms with Gasteiger partial charge in [-0.25, -0.2) is 0 Å². The number of amides is 1. The summed E-state index contributed by atoms with van der Waals surface area (Å²) in [5.74, 6) is -0.125. The van der Waals surface area contributed by atoms with E-state index in [0.717, 1.165) is 11.3 Å². The molecule has 2 aromatic rings. The van der Waals surface area contributed by atoms with Crippen molar-refractivity contribution in [3.05, 3.63) is 47.1 Å². The lowest BCUT2D eigenvalue weighted by Crippen LogP contribution is -2.17. The van der Waals surface area contributed by atoms with Gasteiger partial charge in [0.15, 0.2) is 0 Å². The maximum atomic E-state index is 11.3. The van der Waals surface area contributed by atoms with E-state index >= 15 is 0 Å². The van der Waals surface area contributed by atoms with Gasteiger partial charge in [0, 0.05) is 17.8 Å². The van der Waals surface area contributed by atoms with Crippen LogP contribution in [0.5, 0.6) is 0 Å². The van der Waals surface area contributed by atoms with Crippen LogP contribution in [-0.2, 0) is 0 Å². The van der Waals surface area contributed by atoms with E-state index in [9.17, 15) is 4.79 Å². The van der Waals surface area contributed by atoms with Crippen molar-refractivity contribution in [2.75, 3.05) is 7.05 Å². The maximum absolute atomic E-state index is 11.3. The lowest BCUT2D eigenvalue weighted by molar-refractivity contribution is 0.0959. The first-order chi connectivity index (χ1) is 7.70. The Hall–Kier alpha value is -1.74. The molecule has 1 aromatic carbocycles. The third-order valence-corrected chi connectivity index (χ3v) is 2.56. The number of halogens is 1. The molecule has 3 nitrogen and oxygen atoms in total. The van der Waals surface area contributed by atoms with E-state index in [-0.39, 0.29) is 5.91 Å². The van der Waals surface area contributed by atoms with Gasteiger partial charge in [-0.15, -0.1) is 0 Å². The molecule has 0 radical (unpaired) electrons. The Morgan fingerprint density at radius 3 is 2.50 bits per heavy atom. The van der Waals surface area contributed by atoms with Crippen molar-refractivity contribution in [3.63, 3.8) is 0 Å². The predicted molar refractivity (Wildman–Crippen MR) is 64.6 cm³/mol. The molecule has 0 aliphatic carbocycles. The third kappa shape index (κ3) is 2.09. The number of carbonyl (C=O) groups excluding carboxylic acids is 1. The monoisotopic (exact) mass is 234 g/mol. The topological polar surface area (TPSA) is 44.9 Å². The van der Waals surface area contributed by atoms with E-state index in [1.165, 1.54) is 0 Å². The number of aromatic nitrogens is 1. The van der Waals surface area contributed by atoms with Gasteiger partial charge in [0.2, 0.25) is 0 Å². The molecule has 0 aliphatic heterocycles. The van der Waals surface area contributed by atoms with Gasteiger partial charge in [0.05, 0.1) is 0 Å². The number of benzene rings is 1. The average Bonchev–Trinajstić information content (AvgIpc) is 2.78. The SMILES string of the molecule is CNC(=O)c1ccc(-c2ccc(Cl)cc2)[nH]1. The fraction of sp³-hybridized carbons (Fsp3) is 0.0833. The van der Waals surface area contributed by atoms with Crippen molar-refractivity contribution in [1.82, 2.24) is 10.3 Å². The second kappa shape index (κ2) is 4.41. The van der Waals surface area contributed by atoms with Crippen molar-refractivity contribution in [1.29, 1.82) is 0 Å². The number of hydrogen-bond acceptors (Lipinski definition) is 1. The Bertz CT molecular complexity index is 502. The molecule has 0 atom stereocenters. The molecule has 0 spiro atoms. The van der Waals surface area contributed by atoms with Crippen LogP contribution in [0, 0.1) is 0 Å². The summed E-state index contributed by atoms with van der Waals surface area (Å²) in [6, 6.07) is 11.1. The van der Waals surface area contributed by atoms with Gasteiger partial charge >= 0.3 is 0 Å². The number of carbonyl (C=O) groups is 1. The Balaban J connectivity index is 2.31. The van der Waals surface area contributed by atoms with Crippen LogP contribution >= 0.6 is 11.6 Å². The summed E-state index contributed by atoms with van der Waals surface area (Å²) in [5.41, 5.74) is 2.45. The summed E-state index contributed by atoms with van der Waals surface area (Å²) in [4.78, 5) is 14.4. The maximum Gasteiger partial charge on any atom is 0.267 e. The number of nitrogens with one attached hydrogen (secondary N) is 2. The molecule has 2 rings (SSSR count). The zero-order valence-corrected chi connectivity index (χ0v) is 9.51. The third-order valence-electron chi connectivity index (χ3n) is 2.31. The highest BCUT2D eigenvalue weighted by Gasteiger charge is 2.06. The van der Waals surface area contributed by atoms with Crippen LogP contribution in [0.25, 0.3) is 11.3 Å². The molecule has 2 N–H and O–H groups in total. The van der Waals surface area contributed by atoms with Crippen LogP contribution in [0.3, 0.4) is 0 Å². The fourth-order valence-electron chi connectivity index (χ4n) is 1.46. The van der Waals surface area contributed by atoms with Crippen molar-refractivity contribution in [3.8, 4) is 11.3 Å². The summed E-state index contributed by atoms with van der Waals surface area (Å²) < 4.78 is 0. The van der Waals surface area contributed by atoms with Gasteiger partial charge < -0.3 is 10.3 Å². The molecule has 0 saturated heterocycles. The Kier molecular flexibility index (Phi) is 2.97. The second-order valence-electron chi connectivity index (χ2n) is 3.37. The smallest absolute Gasteiger partial charge is 0.267 e. The van der Waals surface area contributed by atoms with E-state index in [1.807, 2.05) is 30.3 Å². The van der Waals surface area contributed by atoms with Crippen LogP contribution in [0.15, 0.2) is 36.4 Å². The molecule has 1 aromatic heterocycles. The van der Waals surface area contributed by atoms with Crippen LogP contribution < -0.4 is 5.32 Å². The van der Waals surface area contributed by atoms with E-state index in [2.05, 4.69) is 10.3 Å². The zero-order valence-electron chi connectivity index (χ0n) is 8.75. The number of H-pyrrole nitrogens is 1. The van der Waals surface area contributed by atoms with Crippen molar-refractivity contribution in [2.45, 2.75) is 0 Å². The Labute approximate surface area is 98.4 Å². The van der Waals surface area contributed by atoms with E-state index in [1.54, 1.807) is 13.1 Å². The van der Waals surface area contributed by atoms with Crippen LogP contribution in [0.4, 0.5) is 0 Å². The summed E-state index contributed by atoms with van der Waals surface area (Å²) >= 11 is 5.80. The van der Waals surface area contributed by atoms with Crippen LogP contribution in [0.1, 0.15) is 10.5 Å². The first kappa shape index (κ1) is 10.8. The van der Waals surface area contributed by atoms with Gasteiger partial charge in [0.1, 0.15) is 5.69 Å². The minimum Gasteiger partial charge on any atom is -0.354 e. The molecular formula is C12H11ClN2O. The van der Waals surface area contributed by atoms with Crippen LogP contribution in [-0.4, -0.2) is 17.9 Å². The van der Waals surface area contributed by atoms with E-state index < -0.39 is 0 Å². The number of hydrogen-bond donors (Lipinski definition) is 2. The van der Waals surface area contributed by atoms with Gasteiger partial charge in [-0.3, -0.25) is 4.79 Å². The van der Waals surface area contributed by atoms with E-state index in [4.69, 9.17) is 11.6 Å². The van der Waals surface area contributed by atoms with Crippen molar-refractivity contribution < 1.29 is 4.79 Å². The Morgan fingerprint density at radius 1 is 1.19 bits per heavy atom. The highest BCUT2D eigenvalue weighted by Crippen LogP contribution is 2.20. The van der Waals surface area contributed by atoms with Gasteiger partial charge in [0.25, 0.3) is 5.91 Å². The lowest BCUT2D eigenvalue weighted by atomic mass is 10.2. The predicted octanol–water partition coefficient (Wildman–Crippen LogP) is 2.69. The quantitative estimate of drug-likeness (QED) is 0.825.